The third-order valence-electron chi connectivity index (χ3n) is 4.57. The Hall–Kier alpha value is -3.20. The minimum Gasteiger partial charge on any atom is -0.490 e. The zero-order valence-electron chi connectivity index (χ0n) is 17.9. The minimum atomic E-state index is -1.08. The van der Waals surface area contributed by atoms with Crippen LogP contribution in [0.2, 0.25) is 0 Å². The van der Waals surface area contributed by atoms with Gasteiger partial charge in [0, 0.05) is 10.9 Å². The number of unbranched alkanes of at least 4 members (excludes halogenated alkanes) is 1. The molecule has 3 rings (SSSR count). The summed E-state index contributed by atoms with van der Waals surface area (Å²) in [4.78, 5) is 28.6. The van der Waals surface area contributed by atoms with E-state index in [1.165, 1.54) is 4.68 Å². The van der Waals surface area contributed by atoms with E-state index in [0.717, 1.165) is 17.3 Å². The van der Waals surface area contributed by atoms with Gasteiger partial charge in [-0.05, 0) is 55.3 Å². The summed E-state index contributed by atoms with van der Waals surface area (Å²) in [5.41, 5.74) is 1.05. The Balaban J connectivity index is 2.01. The average Bonchev–Trinajstić information content (AvgIpc) is 2.77. The van der Waals surface area contributed by atoms with Crippen molar-refractivity contribution in [2.24, 2.45) is 5.10 Å². The highest BCUT2D eigenvalue weighted by Crippen LogP contribution is 2.28. The van der Waals surface area contributed by atoms with Gasteiger partial charge in [0.05, 0.1) is 23.7 Å². The Morgan fingerprint density at radius 3 is 2.72 bits per heavy atom. The Morgan fingerprint density at radius 1 is 1.19 bits per heavy atom. The molecule has 8 nitrogen and oxygen atoms in total. The number of ether oxygens (including phenoxy) is 2. The fourth-order valence-corrected chi connectivity index (χ4v) is 3.43. The number of nitrogens with zero attached hydrogens (tertiary/aromatic N) is 3. The van der Waals surface area contributed by atoms with Crippen molar-refractivity contribution < 1.29 is 19.4 Å². The number of rotatable bonds is 10. The monoisotopic (exact) mass is 501 g/mol. The SMILES string of the molecule is CCCCc1nc2ccc(Br)cc2c(=O)n1N=Cc1ccc(OCC(=O)O)c(OCC)c1. The number of carboxylic acid groups (broad SMARTS) is 1. The Kier molecular flexibility index (Phi) is 7.99. The van der Waals surface area contributed by atoms with Crippen molar-refractivity contribution in [3.8, 4) is 11.5 Å². The highest BCUT2D eigenvalue weighted by molar-refractivity contribution is 9.10. The summed E-state index contributed by atoms with van der Waals surface area (Å²) in [6.45, 7) is 3.81. The van der Waals surface area contributed by atoms with E-state index < -0.39 is 12.6 Å². The van der Waals surface area contributed by atoms with Gasteiger partial charge in [-0.2, -0.15) is 9.78 Å². The van der Waals surface area contributed by atoms with Crippen molar-refractivity contribution in [3.63, 3.8) is 0 Å². The molecule has 0 radical (unpaired) electrons. The molecule has 32 heavy (non-hydrogen) atoms. The molecular weight excluding hydrogens is 478 g/mol. The lowest BCUT2D eigenvalue weighted by Gasteiger charge is -2.11. The summed E-state index contributed by atoms with van der Waals surface area (Å²) in [5, 5.41) is 13.7. The molecule has 0 saturated carbocycles. The molecule has 0 aliphatic rings. The van der Waals surface area contributed by atoms with Crippen molar-refractivity contribution in [1.29, 1.82) is 0 Å². The van der Waals surface area contributed by atoms with Crippen LogP contribution in [0.1, 0.15) is 38.1 Å². The molecule has 1 heterocycles. The second-order valence-electron chi connectivity index (χ2n) is 6.98. The normalized spacial score (nSPS) is 11.2. The molecule has 0 unspecified atom stereocenters. The van der Waals surface area contributed by atoms with Crippen LogP contribution in [0, 0.1) is 0 Å². The number of benzene rings is 2. The van der Waals surface area contributed by atoms with Crippen LogP contribution in [0.3, 0.4) is 0 Å². The van der Waals surface area contributed by atoms with Gasteiger partial charge in [-0.25, -0.2) is 9.78 Å². The Bertz CT molecular complexity index is 1210. The van der Waals surface area contributed by atoms with Crippen LogP contribution in [0.5, 0.6) is 11.5 Å². The number of carbonyl (C=O) groups is 1. The van der Waals surface area contributed by atoms with Gasteiger partial charge >= 0.3 is 5.97 Å². The van der Waals surface area contributed by atoms with Crippen LogP contribution in [0.15, 0.2) is 50.8 Å². The van der Waals surface area contributed by atoms with Crippen molar-refractivity contribution in [2.45, 2.75) is 33.1 Å². The third kappa shape index (κ3) is 5.73. The first-order valence-corrected chi connectivity index (χ1v) is 11.1. The first kappa shape index (κ1) is 23.5. The minimum absolute atomic E-state index is 0.245. The molecule has 0 aliphatic heterocycles. The number of aromatic nitrogens is 2. The predicted octanol–water partition coefficient (Wildman–Crippen LogP) is 4.25. The molecule has 0 bridgehead atoms. The largest absolute Gasteiger partial charge is 0.490 e. The molecule has 3 aromatic rings. The van der Waals surface area contributed by atoms with Gasteiger partial charge in [-0.1, -0.05) is 29.3 Å². The van der Waals surface area contributed by atoms with E-state index in [4.69, 9.17) is 14.6 Å². The van der Waals surface area contributed by atoms with E-state index in [-0.39, 0.29) is 5.56 Å². The van der Waals surface area contributed by atoms with Gasteiger partial charge in [-0.15, -0.1) is 0 Å². The van der Waals surface area contributed by atoms with Gasteiger partial charge in [0.2, 0.25) is 0 Å². The summed E-state index contributed by atoms with van der Waals surface area (Å²) in [7, 11) is 0. The Morgan fingerprint density at radius 2 is 2.00 bits per heavy atom. The first-order valence-electron chi connectivity index (χ1n) is 10.3. The molecule has 0 aliphatic carbocycles. The highest BCUT2D eigenvalue weighted by atomic mass is 79.9. The fourth-order valence-electron chi connectivity index (χ4n) is 3.07. The molecule has 2 aromatic carbocycles. The molecular formula is C23H24BrN3O5. The van der Waals surface area contributed by atoms with Crippen LogP contribution >= 0.6 is 15.9 Å². The van der Waals surface area contributed by atoms with Crippen LogP contribution in [0.25, 0.3) is 10.9 Å². The molecule has 168 valence electrons. The zero-order chi connectivity index (χ0) is 23.1. The van der Waals surface area contributed by atoms with Gasteiger partial charge in [0.1, 0.15) is 5.82 Å². The number of hydrogen-bond donors (Lipinski definition) is 1. The highest BCUT2D eigenvalue weighted by Gasteiger charge is 2.12. The van der Waals surface area contributed by atoms with E-state index >= 15 is 0 Å². The summed E-state index contributed by atoms with van der Waals surface area (Å²) in [6, 6.07) is 10.4. The van der Waals surface area contributed by atoms with Gasteiger partial charge in [0.15, 0.2) is 18.1 Å². The summed E-state index contributed by atoms with van der Waals surface area (Å²) in [6.07, 6.45) is 4.02. The van der Waals surface area contributed by atoms with Crippen molar-refractivity contribution in [3.05, 3.63) is 62.6 Å². The first-order chi connectivity index (χ1) is 15.4. The Labute approximate surface area is 193 Å². The number of halogens is 1. The van der Waals surface area contributed by atoms with Crippen molar-refractivity contribution in [1.82, 2.24) is 9.66 Å². The molecule has 0 atom stereocenters. The van der Waals surface area contributed by atoms with Crippen LogP contribution in [0.4, 0.5) is 0 Å². The molecule has 1 N–H and O–H groups in total. The van der Waals surface area contributed by atoms with E-state index in [1.54, 1.807) is 30.5 Å². The number of aliphatic carboxylic acids is 1. The van der Waals surface area contributed by atoms with E-state index in [9.17, 15) is 9.59 Å². The van der Waals surface area contributed by atoms with Crippen molar-refractivity contribution in [2.75, 3.05) is 13.2 Å². The molecule has 0 fully saturated rings. The number of fused-ring (bicyclic) bond motifs is 1. The van der Waals surface area contributed by atoms with E-state index in [1.807, 2.05) is 19.1 Å². The summed E-state index contributed by atoms with van der Waals surface area (Å²) >= 11 is 3.40. The van der Waals surface area contributed by atoms with E-state index in [2.05, 4.69) is 32.9 Å². The quantitative estimate of drug-likeness (QED) is 0.416. The second kappa shape index (κ2) is 10.9. The summed E-state index contributed by atoms with van der Waals surface area (Å²) in [5.74, 6) is 0.239. The van der Waals surface area contributed by atoms with Gasteiger partial charge in [-0.3, -0.25) is 4.79 Å². The lowest BCUT2D eigenvalue weighted by Crippen LogP contribution is -2.22. The van der Waals surface area contributed by atoms with E-state index in [0.29, 0.717) is 46.8 Å². The predicted molar refractivity (Wildman–Crippen MR) is 126 cm³/mol. The third-order valence-corrected chi connectivity index (χ3v) is 5.06. The maximum absolute atomic E-state index is 13.1. The lowest BCUT2D eigenvalue weighted by atomic mass is 10.2. The molecule has 9 heteroatoms. The maximum Gasteiger partial charge on any atom is 0.341 e. The molecule has 0 spiro atoms. The van der Waals surface area contributed by atoms with Gasteiger partial charge in [0.25, 0.3) is 5.56 Å². The average molecular weight is 502 g/mol. The number of hydrogen-bond acceptors (Lipinski definition) is 6. The second-order valence-corrected chi connectivity index (χ2v) is 7.89. The standard InChI is InChI=1S/C23H24BrN3O5/c1-3-5-6-21-26-18-9-8-16(24)12-17(18)23(30)27(21)25-13-15-7-10-19(32-14-22(28)29)20(11-15)31-4-2/h7-13H,3-6,14H2,1-2H3,(H,28,29). The van der Waals surface area contributed by atoms with Gasteiger partial charge < -0.3 is 14.6 Å². The van der Waals surface area contributed by atoms with Crippen molar-refractivity contribution >= 4 is 39.0 Å². The zero-order valence-corrected chi connectivity index (χ0v) is 19.5. The fraction of sp³-hybridized carbons (Fsp3) is 0.304. The number of carboxylic acids is 1. The lowest BCUT2D eigenvalue weighted by molar-refractivity contribution is -0.139. The topological polar surface area (TPSA) is 103 Å². The van der Waals surface area contributed by atoms with Crippen LogP contribution in [-0.2, 0) is 11.2 Å². The van der Waals surface area contributed by atoms with Crippen LogP contribution in [-0.4, -0.2) is 40.2 Å². The maximum atomic E-state index is 13.1. The smallest absolute Gasteiger partial charge is 0.341 e. The van der Waals surface area contributed by atoms with Crippen LogP contribution < -0.4 is 15.0 Å². The summed E-state index contributed by atoms with van der Waals surface area (Å²) < 4.78 is 13.0. The molecule has 0 saturated heterocycles. The molecule has 0 amide bonds. The number of aryl methyl sites for hydroxylation is 1. The molecule has 1 aromatic heterocycles.